The van der Waals surface area contributed by atoms with E-state index in [1.165, 1.54) is 6.07 Å². The predicted molar refractivity (Wildman–Crippen MR) is 62.0 cm³/mol. The van der Waals surface area contributed by atoms with Gasteiger partial charge >= 0.3 is 0 Å². The lowest BCUT2D eigenvalue weighted by molar-refractivity contribution is 0.107. The highest BCUT2D eigenvalue weighted by molar-refractivity contribution is 14.1. The van der Waals surface area contributed by atoms with Crippen LogP contribution in [0.15, 0.2) is 12.1 Å². The Morgan fingerprint density at radius 3 is 2.50 bits per heavy atom. The molecule has 12 heavy (non-hydrogen) atoms. The molecular formula is C7H2ClFI2O. The van der Waals surface area contributed by atoms with Crippen molar-refractivity contribution in [2.24, 2.45) is 0 Å². The lowest BCUT2D eigenvalue weighted by atomic mass is 10.2. The summed E-state index contributed by atoms with van der Waals surface area (Å²) in [5.41, 5.74) is -0.0681. The van der Waals surface area contributed by atoms with Crippen LogP contribution in [0, 0.1) is 13.0 Å². The molecule has 0 saturated carbocycles. The van der Waals surface area contributed by atoms with Crippen molar-refractivity contribution in [1.29, 1.82) is 0 Å². The molecule has 0 atom stereocenters. The van der Waals surface area contributed by atoms with Crippen molar-refractivity contribution in [3.63, 3.8) is 0 Å². The summed E-state index contributed by atoms with van der Waals surface area (Å²) in [4.78, 5) is 10.6. The largest absolute Gasteiger partial charge is 0.275 e. The van der Waals surface area contributed by atoms with E-state index in [2.05, 4.69) is 0 Å². The molecular weight excluding hydrogens is 408 g/mol. The van der Waals surface area contributed by atoms with E-state index in [9.17, 15) is 9.18 Å². The van der Waals surface area contributed by atoms with Gasteiger partial charge in [-0.2, -0.15) is 0 Å². The molecule has 0 aliphatic heterocycles. The minimum absolute atomic E-state index is 0.0681. The predicted octanol–water partition coefficient (Wildman–Crippen LogP) is 3.41. The lowest BCUT2D eigenvalue weighted by Gasteiger charge is -2.00. The SMILES string of the molecule is O=C(Cl)c1ccc(I)c(I)c1F. The molecule has 0 spiro atoms. The summed E-state index contributed by atoms with van der Waals surface area (Å²) < 4.78 is 14.4. The van der Waals surface area contributed by atoms with Crippen LogP contribution in [0.2, 0.25) is 0 Å². The van der Waals surface area contributed by atoms with Crippen LogP contribution in [0.1, 0.15) is 10.4 Å². The second-order valence-electron chi connectivity index (χ2n) is 2.00. The van der Waals surface area contributed by atoms with Crippen LogP contribution in [0.5, 0.6) is 0 Å². The van der Waals surface area contributed by atoms with Gasteiger partial charge in [-0.3, -0.25) is 4.79 Å². The third-order valence-corrected chi connectivity index (χ3v) is 4.44. The molecule has 5 heteroatoms. The number of benzene rings is 1. The fourth-order valence-corrected chi connectivity index (χ4v) is 1.71. The van der Waals surface area contributed by atoms with E-state index in [0.29, 0.717) is 3.57 Å². The van der Waals surface area contributed by atoms with Crippen LogP contribution < -0.4 is 0 Å². The van der Waals surface area contributed by atoms with Crippen molar-refractivity contribution in [2.75, 3.05) is 0 Å². The molecule has 0 N–H and O–H groups in total. The van der Waals surface area contributed by atoms with E-state index in [1.807, 2.05) is 45.2 Å². The average molecular weight is 410 g/mol. The van der Waals surface area contributed by atoms with E-state index in [4.69, 9.17) is 11.6 Å². The molecule has 0 amide bonds. The Morgan fingerprint density at radius 1 is 1.42 bits per heavy atom. The maximum Gasteiger partial charge on any atom is 0.255 e. The monoisotopic (exact) mass is 410 g/mol. The Labute approximate surface area is 101 Å². The number of hydrogen-bond donors (Lipinski definition) is 0. The van der Waals surface area contributed by atoms with Crippen LogP contribution in [0.3, 0.4) is 0 Å². The minimum Gasteiger partial charge on any atom is -0.275 e. The molecule has 64 valence electrons. The van der Waals surface area contributed by atoms with Gasteiger partial charge in [0.15, 0.2) is 0 Å². The highest BCUT2D eigenvalue weighted by Crippen LogP contribution is 2.22. The van der Waals surface area contributed by atoms with Gasteiger partial charge in [0.2, 0.25) is 0 Å². The Kier molecular flexibility index (Phi) is 3.72. The van der Waals surface area contributed by atoms with Crippen molar-refractivity contribution in [1.82, 2.24) is 0 Å². The molecule has 1 rings (SSSR count). The average Bonchev–Trinajstić information content (AvgIpc) is 2.00. The molecule has 0 bridgehead atoms. The molecule has 0 aromatic heterocycles. The molecule has 0 aliphatic rings. The van der Waals surface area contributed by atoms with Crippen LogP contribution in [0.4, 0.5) is 4.39 Å². The maximum atomic E-state index is 13.2. The molecule has 0 heterocycles. The molecule has 1 aromatic rings. The molecule has 1 nitrogen and oxygen atoms in total. The number of rotatable bonds is 1. The Balaban J connectivity index is 3.36. The van der Waals surface area contributed by atoms with Gasteiger partial charge in [0.1, 0.15) is 5.82 Å². The Morgan fingerprint density at radius 2 is 2.00 bits per heavy atom. The topological polar surface area (TPSA) is 17.1 Å². The summed E-state index contributed by atoms with van der Waals surface area (Å²) in [7, 11) is 0. The zero-order valence-electron chi connectivity index (χ0n) is 5.57. The summed E-state index contributed by atoms with van der Waals surface area (Å²) in [5.74, 6) is -0.539. The number of carbonyl (C=O) groups excluding carboxylic acids is 1. The first-order valence-corrected chi connectivity index (χ1v) is 5.41. The van der Waals surface area contributed by atoms with Gasteiger partial charge in [-0.1, -0.05) is 0 Å². The quantitative estimate of drug-likeness (QED) is 0.394. The highest BCUT2D eigenvalue weighted by atomic mass is 127. The first-order valence-electron chi connectivity index (χ1n) is 2.87. The molecule has 0 unspecified atom stereocenters. The summed E-state index contributed by atoms with van der Waals surface area (Å²) in [6.07, 6.45) is 0. The van der Waals surface area contributed by atoms with E-state index in [1.54, 1.807) is 6.07 Å². The first kappa shape index (κ1) is 10.6. The maximum absolute atomic E-state index is 13.2. The van der Waals surface area contributed by atoms with Crippen LogP contribution >= 0.6 is 56.8 Å². The third kappa shape index (κ3) is 2.08. The van der Waals surface area contributed by atoms with Crippen molar-refractivity contribution >= 4 is 62.0 Å². The van der Waals surface area contributed by atoms with Crippen molar-refractivity contribution in [3.8, 4) is 0 Å². The van der Waals surface area contributed by atoms with Crippen LogP contribution in [-0.2, 0) is 0 Å². The van der Waals surface area contributed by atoms with Gasteiger partial charge in [-0.05, 0) is 68.9 Å². The third-order valence-electron chi connectivity index (χ3n) is 1.25. The fraction of sp³-hybridized carbons (Fsp3) is 0. The van der Waals surface area contributed by atoms with Gasteiger partial charge in [-0.25, -0.2) is 4.39 Å². The van der Waals surface area contributed by atoms with E-state index in [0.717, 1.165) is 3.57 Å². The standard InChI is InChI=1S/C7H2ClFI2O/c8-7(12)3-1-2-4(10)6(11)5(3)9/h1-2H. The zero-order valence-corrected chi connectivity index (χ0v) is 10.6. The van der Waals surface area contributed by atoms with E-state index in [-0.39, 0.29) is 5.56 Å². The van der Waals surface area contributed by atoms with Crippen LogP contribution in [-0.4, -0.2) is 5.24 Å². The minimum atomic E-state index is -0.762. The zero-order chi connectivity index (χ0) is 9.30. The Bertz CT molecular complexity index is 340. The Hall–Kier alpha value is 0.570. The molecule has 0 aliphatic carbocycles. The van der Waals surface area contributed by atoms with E-state index < -0.39 is 11.1 Å². The van der Waals surface area contributed by atoms with Gasteiger partial charge in [0, 0.05) is 3.57 Å². The molecule has 0 radical (unpaired) electrons. The van der Waals surface area contributed by atoms with E-state index >= 15 is 0 Å². The van der Waals surface area contributed by atoms with Gasteiger partial charge in [0.05, 0.1) is 9.13 Å². The summed E-state index contributed by atoms with van der Waals surface area (Å²) >= 11 is 8.97. The van der Waals surface area contributed by atoms with Crippen molar-refractivity contribution in [2.45, 2.75) is 0 Å². The van der Waals surface area contributed by atoms with Gasteiger partial charge in [0.25, 0.3) is 5.24 Å². The van der Waals surface area contributed by atoms with Gasteiger partial charge in [-0.15, -0.1) is 0 Å². The lowest BCUT2D eigenvalue weighted by Crippen LogP contribution is -1.98. The van der Waals surface area contributed by atoms with Gasteiger partial charge < -0.3 is 0 Å². The normalized spacial score (nSPS) is 10.0. The number of carbonyl (C=O) groups is 1. The number of hydrogen-bond acceptors (Lipinski definition) is 1. The molecule has 0 saturated heterocycles. The summed E-state index contributed by atoms with van der Waals surface area (Å²) in [6, 6.07) is 3.04. The molecule has 1 aromatic carbocycles. The van der Waals surface area contributed by atoms with Crippen molar-refractivity contribution < 1.29 is 9.18 Å². The summed E-state index contributed by atoms with van der Waals surface area (Å²) in [5, 5.41) is -0.762. The molecule has 0 fully saturated rings. The highest BCUT2D eigenvalue weighted by Gasteiger charge is 2.13. The second kappa shape index (κ2) is 4.19. The first-order chi connectivity index (χ1) is 5.54. The van der Waals surface area contributed by atoms with Crippen LogP contribution in [0.25, 0.3) is 0 Å². The smallest absolute Gasteiger partial charge is 0.255 e. The summed E-state index contributed by atoms with van der Waals surface area (Å²) in [6.45, 7) is 0. The second-order valence-corrected chi connectivity index (χ2v) is 4.58. The number of halogens is 4. The fourth-order valence-electron chi connectivity index (χ4n) is 0.678. The van der Waals surface area contributed by atoms with Crippen molar-refractivity contribution in [3.05, 3.63) is 30.7 Å².